The third kappa shape index (κ3) is 2.97. The van der Waals surface area contributed by atoms with E-state index in [0.717, 1.165) is 17.1 Å². The minimum absolute atomic E-state index is 0. The molecule has 1 aromatic carbocycles. The van der Waals surface area contributed by atoms with E-state index >= 15 is 0 Å². The van der Waals surface area contributed by atoms with Crippen molar-refractivity contribution in [1.82, 2.24) is 4.98 Å². The fraction of sp³-hybridized carbons (Fsp3) is 0.250. The van der Waals surface area contributed by atoms with Crippen LogP contribution in [0.25, 0.3) is 10.6 Å². The molecule has 0 spiro atoms. The molecule has 0 amide bonds. The highest BCUT2D eigenvalue weighted by molar-refractivity contribution is 7.13. The first-order chi connectivity index (χ1) is 7.33. The summed E-state index contributed by atoms with van der Waals surface area (Å²) in [5.74, 6) is 0.490. The summed E-state index contributed by atoms with van der Waals surface area (Å²) in [5, 5.41) is 3.06. The van der Waals surface area contributed by atoms with E-state index in [2.05, 4.69) is 36.2 Å². The minimum atomic E-state index is 0. The van der Waals surface area contributed by atoms with E-state index in [9.17, 15) is 0 Å². The average molecular weight is 274 g/mol. The maximum Gasteiger partial charge on any atom is 0.123 e. The number of aryl methyl sites for hydroxylation is 1. The summed E-state index contributed by atoms with van der Waals surface area (Å²) in [4.78, 5) is 4.44. The fourth-order valence-electron chi connectivity index (χ4n) is 1.38. The molecule has 0 fully saturated rings. The first-order valence-corrected chi connectivity index (χ1v) is 6.34. The van der Waals surface area contributed by atoms with Crippen LogP contribution in [-0.2, 0) is 12.3 Å². The lowest BCUT2D eigenvalue weighted by atomic mass is 10.1. The van der Waals surface area contributed by atoms with Crippen molar-refractivity contribution >= 4 is 35.3 Å². The minimum Gasteiger partial charge on any atom is -0.240 e. The Morgan fingerprint density at radius 2 is 1.94 bits per heavy atom. The van der Waals surface area contributed by atoms with E-state index in [4.69, 9.17) is 11.6 Å². The van der Waals surface area contributed by atoms with Crippen LogP contribution in [-0.4, -0.2) is 4.98 Å². The number of hydrogen-bond donors (Lipinski definition) is 0. The van der Waals surface area contributed by atoms with Gasteiger partial charge in [0.25, 0.3) is 0 Å². The highest BCUT2D eigenvalue weighted by Gasteiger charge is 2.03. The summed E-state index contributed by atoms with van der Waals surface area (Å²) < 4.78 is 0. The number of alkyl halides is 1. The van der Waals surface area contributed by atoms with Crippen LogP contribution in [0.15, 0.2) is 29.6 Å². The molecule has 0 radical (unpaired) electrons. The number of hydrogen-bond acceptors (Lipinski definition) is 2. The second kappa shape index (κ2) is 6.24. The summed E-state index contributed by atoms with van der Waals surface area (Å²) >= 11 is 7.36. The third-order valence-corrected chi connectivity index (χ3v) is 3.51. The van der Waals surface area contributed by atoms with Gasteiger partial charge in [0.05, 0.1) is 11.6 Å². The molecule has 0 N–H and O–H groups in total. The number of halogens is 2. The van der Waals surface area contributed by atoms with Crippen molar-refractivity contribution in [3.63, 3.8) is 0 Å². The zero-order valence-electron chi connectivity index (χ0n) is 8.94. The van der Waals surface area contributed by atoms with Crippen LogP contribution in [0.5, 0.6) is 0 Å². The Labute approximate surface area is 111 Å². The Bertz CT molecular complexity index is 437. The van der Waals surface area contributed by atoms with Gasteiger partial charge in [-0.1, -0.05) is 31.2 Å². The highest BCUT2D eigenvalue weighted by Crippen LogP contribution is 2.24. The summed E-state index contributed by atoms with van der Waals surface area (Å²) in [7, 11) is 0. The van der Waals surface area contributed by atoms with Crippen molar-refractivity contribution < 1.29 is 0 Å². The molecule has 0 unspecified atom stereocenters. The van der Waals surface area contributed by atoms with E-state index in [-0.39, 0.29) is 12.4 Å². The molecule has 1 aromatic heterocycles. The van der Waals surface area contributed by atoms with Gasteiger partial charge >= 0.3 is 0 Å². The summed E-state index contributed by atoms with van der Waals surface area (Å²) in [6.45, 7) is 2.16. The fourth-order valence-corrected chi connectivity index (χ4v) is 2.44. The molecule has 4 heteroatoms. The summed E-state index contributed by atoms with van der Waals surface area (Å²) in [6, 6.07) is 8.54. The summed E-state index contributed by atoms with van der Waals surface area (Å²) in [6.07, 6.45) is 1.07. The number of rotatable bonds is 3. The SMILES string of the molecule is CCc1ccc(-c2nc(CCl)cs2)cc1.Cl. The predicted molar refractivity (Wildman–Crippen MR) is 73.7 cm³/mol. The normalized spacial score (nSPS) is 9.88. The molecular weight excluding hydrogens is 261 g/mol. The van der Waals surface area contributed by atoms with Gasteiger partial charge in [0, 0.05) is 10.9 Å². The van der Waals surface area contributed by atoms with E-state index in [1.165, 1.54) is 11.1 Å². The van der Waals surface area contributed by atoms with E-state index in [0.29, 0.717) is 5.88 Å². The van der Waals surface area contributed by atoms with Gasteiger partial charge in [0.15, 0.2) is 0 Å². The Kier molecular flexibility index (Phi) is 5.26. The number of thiazole rings is 1. The van der Waals surface area contributed by atoms with E-state index < -0.39 is 0 Å². The van der Waals surface area contributed by atoms with Gasteiger partial charge in [0.2, 0.25) is 0 Å². The quantitative estimate of drug-likeness (QED) is 0.749. The standard InChI is InChI=1S/C12H12ClNS.ClH/c1-2-9-3-5-10(6-4-9)12-14-11(7-13)8-15-12;/h3-6,8H,2,7H2,1H3;1H. The maximum absolute atomic E-state index is 5.72. The Balaban J connectivity index is 0.00000128. The van der Waals surface area contributed by atoms with Crippen molar-refractivity contribution in [3.8, 4) is 10.6 Å². The number of aromatic nitrogens is 1. The second-order valence-electron chi connectivity index (χ2n) is 3.33. The lowest BCUT2D eigenvalue weighted by molar-refractivity contribution is 1.14. The van der Waals surface area contributed by atoms with Gasteiger partial charge in [0.1, 0.15) is 5.01 Å². The molecule has 0 aliphatic heterocycles. The van der Waals surface area contributed by atoms with Gasteiger partial charge < -0.3 is 0 Å². The maximum atomic E-state index is 5.72. The van der Waals surface area contributed by atoms with Crippen molar-refractivity contribution in [3.05, 3.63) is 40.9 Å². The van der Waals surface area contributed by atoms with Crippen molar-refractivity contribution in [2.45, 2.75) is 19.2 Å². The third-order valence-electron chi connectivity index (χ3n) is 2.30. The van der Waals surface area contributed by atoms with Crippen LogP contribution in [0, 0.1) is 0 Å². The lowest BCUT2D eigenvalue weighted by Crippen LogP contribution is -1.82. The Morgan fingerprint density at radius 1 is 1.25 bits per heavy atom. The Hall–Kier alpha value is -0.570. The molecule has 0 saturated heterocycles. The zero-order chi connectivity index (χ0) is 10.7. The largest absolute Gasteiger partial charge is 0.240 e. The molecule has 86 valence electrons. The van der Waals surface area contributed by atoms with Crippen molar-refractivity contribution in [2.75, 3.05) is 0 Å². The van der Waals surface area contributed by atoms with Crippen LogP contribution >= 0.6 is 35.3 Å². The average Bonchev–Trinajstić information content (AvgIpc) is 2.78. The molecule has 0 aliphatic rings. The van der Waals surface area contributed by atoms with Crippen LogP contribution < -0.4 is 0 Å². The molecule has 0 bridgehead atoms. The highest BCUT2D eigenvalue weighted by atomic mass is 35.5. The molecule has 0 saturated carbocycles. The van der Waals surface area contributed by atoms with Gasteiger partial charge in [-0.15, -0.1) is 35.3 Å². The zero-order valence-corrected chi connectivity index (χ0v) is 11.3. The van der Waals surface area contributed by atoms with Crippen molar-refractivity contribution in [1.29, 1.82) is 0 Å². The molecule has 2 aromatic rings. The topological polar surface area (TPSA) is 12.9 Å². The summed E-state index contributed by atoms with van der Waals surface area (Å²) in [5.41, 5.74) is 3.48. The molecule has 0 aliphatic carbocycles. The van der Waals surface area contributed by atoms with Gasteiger partial charge in [-0.3, -0.25) is 0 Å². The van der Waals surface area contributed by atoms with E-state index in [1.54, 1.807) is 11.3 Å². The van der Waals surface area contributed by atoms with E-state index in [1.807, 2.05) is 5.38 Å². The molecular formula is C12H13Cl2NS. The lowest BCUT2D eigenvalue weighted by Gasteiger charge is -1.98. The monoisotopic (exact) mass is 273 g/mol. The molecule has 2 rings (SSSR count). The predicted octanol–water partition coefficient (Wildman–Crippen LogP) is 4.53. The van der Waals surface area contributed by atoms with Crippen LogP contribution in [0.2, 0.25) is 0 Å². The van der Waals surface area contributed by atoms with Gasteiger partial charge in [-0.2, -0.15) is 0 Å². The molecule has 0 atom stereocenters. The van der Waals surface area contributed by atoms with Gasteiger partial charge in [-0.25, -0.2) is 4.98 Å². The second-order valence-corrected chi connectivity index (χ2v) is 4.45. The number of benzene rings is 1. The number of nitrogens with zero attached hydrogens (tertiary/aromatic N) is 1. The molecule has 1 heterocycles. The first kappa shape index (κ1) is 13.5. The van der Waals surface area contributed by atoms with Crippen molar-refractivity contribution in [2.24, 2.45) is 0 Å². The molecule has 1 nitrogen and oxygen atoms in total. The van der Waals surface area contributed by atoms with Crippen LogP contribution in [0.1, 0.15) is 18.2 Å². The smallest absolute Gasteiger partial charge is 0.123 e. The molecule has 16 heavy (non-hydrogen) atoms. The van der Waals surface area contributed by atoms with Crippen LogP contribution in [0.4, 0.5) is 0 Å². The van der Waals surface area contributed by atoms with Crippen LogP contribution in [0.3, 0.4) is 0 Å². The van der Waals surface area contributed by atoms with Gasteiger partial charge in [-0.05, 0) is 12.0 Å². The Morgan fingerprint density at radius 3 is 2.44 bits per heavy atom. The first-order valence-electron chi connectivity index (χ1n) is 4.93.